The van der Waals surface area contributed by atoms with Crippen LogP contribution in [0.4, 0.5) is 0 Å². The zero-order chi connectivity index (χ0) is 53.5. The molecule has 0 aromatic heterocycles. The van der Waals surface area contributed by atoms with Gasteiger partial charge < -0.3 is 9.47 Å². The Balaban J connectivity index is 1.10. The summed E-state index contributed by atoms with van der Waals surface area (Å²) in [5, 5.41) is 5.17. The highest BCUT2D eigenvalue weighted by atomic mass is 16.5. The van der Waals surface area contributed by atoms with Crippen LogP contribution in [0.3, 0.4) is 0 Å². The number of ether oxygens (including phenoxy) is 2. The first-order chi connectivity index (χ1) is 37.8. The molecule has 3 rings (SSSR count). The molecule has 0 fully saturated rings. The van der Waals surface area contributed by atoms with Gasteiger partial charge in [-0.15, -0.1) is 0 Å². The second kappa shape index (κ2) is 52.1. The van der Waals surface area contributed by atoms with Crippen molar-refractivity contribution >= 4 is 21.5 Å². The lowest BCUT2D eigenvalue weighted by molar-refractivity contribution is 0.117. The first kappa shape index (κ1) is 66.6. The molecule has 0 spiro atoms. The number of benzene rings is 3. The van der Waals surface area contributed by atoms with Crippen LogP contribution < -0.4 is 0 Å². The molecule has 0 N–H and O–H groups in total. The van der Waals surface area contributed by atoms with Crippen molar-refractivity contribution in [1.29, 1.82) is 0 Å². The molecule has 0 amide bonds. The third-order valence-corrected chi connectivity index (χ3v) is 15.5. The lowest BCUT2D eigenvalue weighted by Gasteiger charge is -2.12. The van der Waals surface area contributed by atoms with Gasteiger partial charge in [-0.1, -0.05) is 305 Å². The van der Waals surface area contributed by atoms with Crippen molar-refractivity contribution in [3.05, 3.63) is 59.7 Å². The molecule has 0 radical (unpaired) electrons. The highest BCUT2D eigenvalue weighted by Gasteiger charge is 2.08. The van der Waals surface area contributed by atoms with Crippen LogP contribution in [0.25, 0.3) is 21.5 Å². The van der Waals surface area contributed by atoms with Crippen LogP contribution >= 0.6 is 0 Å². The molecule has 0 heterocycles. The van der Waals surface area contributed by atoms with Gasteiger partial charge in [0.05, 0.1) is 13.2 Å². The maximum Gasteiger partial charge on any atom is 0.0722 e. The van der Waals surface area contributed by atoms with Crippen LogP contribution in [0.5, 0.6) is 0 Å². The van der Waals surface area contributed by atoms with Crippen molar-refractivity contribution in [2.75, 3.05) is 13.2 Å². The van der Waals surface area contributed by atoms with Crippen LogP contribution in [0, 0.1) is 47.4 Å². The highest BCUT2D eigenvalue weighted by Crippen LogP contribution is 2.29. The molecule has 0 saturated heterocycles. The molecule has 0 saturated carbocycles. The smallest absolute Gasteiger partial charge is 0.0722 e. The third kappa shape index (κ3) is 38.0. The van der Waals surface area contributed by atoms with E-state index in [1.54, 1.807) is 0 Å². The summed E-state index contributed by atoms with van der Waals surface area (Å²) in [6.07, 6.45) is 60.7. The molecule has 0 aliphatic carbocycles. The maximum atomic E-state index is 6.24. The summed E-state index contributed by atoms with van der Waals surface area (Å²) in [6, 6.07) is 18.0. The molecule has 0 aliphatic rings. The second-order valence-corrected chi connectivity index (χ2v) is 22.6. The van der Waals surface area contributed by atoms with Crippen LogP contribution in [-0.4, -0.2) is 13.2 Å². The molecular weight excluding hydrogens is 921 g/mol. The highest BCUT2D eigenvalue weighted by molar-refractivity contribution is 6.00. The lowest BCUT2D eigenvalue weighted by Crippen LogP contribution is -1.98. The van der Waals surface area contributed by atoms with Crippen molar-refractivity contribution in [3.8, 4) is 47.4 Å². The average molecular weight is 1040 g/mol. The molecule has 3 aromatic rings. The second-order valence-electron chi connectivity index (χ2n) is 22.6. The zero-order valence-electron chi connectivity index (χ0n) is 49.8. The van der Waals surface area contributed by atoms with Gasteiger partial charge in [0, 0.05) is 38.9 Å². The van der Waals surface area contributed by atoms with E-state index in [1.165, 1.54) is 290 Å². The van der Waals surface area contributed by atoms with Crippen LogP contribution in [0.2, 0.25) is 0 Å². The van der Waals surface area contributed by atoms with E-state index < -0.39 is 0 Å². The molecule has 76 heavy (non-hydrogen) atoms. The predicted molar refractivity (Wildman–Crippen MR) is 336 cm³/mol. The fourth-order valence-corrected chi connectivity index (χ4v) is 10.6. The Bertz CT molecular complexity index is 1910. The Morgan fingerprint density at radius 1 is 0.276 bits per heavy atom. The maximum absolute atomic E-state index is 6.24. The van der Waals surface area contributed by atoms with E-state index in [1.807, 2.05) is 0 Å². The quantitative estimate of drug-likeness (QED) is 0.0319. The predicted octanol–water partition coefficient (Wildman–Crippen LogP) is 23.0. The summed E-state index contributed by atoms with van der Waals surface area (Å²) in [5.41, 5.74) is 2.56. The Hall–Kier alpha value is -3.66. The Kier molecular flexibility index (Phi) is 45.6. The minimum absolute atomic E-state index is 0.671. The van der Waals surface area contributed by atoms with Crippen LogP contribution in [0.15, 0.2) is 48.5 Å². The Morgan fingerprint density at radius 3 is 0.776 bits per heavy atom. The van der Waals surface area contributed by atoms with Gasteiger partial charge in [-0.3, -0.25) is 0 Å². The van der Waals surface area contributed by atoms with Gasteiger partial charge in [-0.2, -0.15) is 0 Å². The first-order valence-corrected chi connectivity index (χ1v) is 32.8. The summed E-state index contributed by atoms with van der Waals surface area (Å²) in [6.45, 7) is 7.60. The molecule has 0 atom stereocenters. The first-order valence-electron chi connectivity index (χ1n) is 32.8. The summed E-state index contributed by atoms with van der Waals surface area (Å²) < 4.78 is 12.5. The standard InChI is InChI=1S/C74H114O2/c1-3-5-7-9-11-13-15-17-19-21-23-25-27-29-31-33-35-37-39-41-43-45-47-49-51-53-55-63-75-67-71-61-57-59-69-66-74-70(65-73(69)71)60-58-62-72(74)68-76-64-56-54-52-50-48-46-44-42-40-38-36-34-32-30-28-26-24-22-20-18-16-14-12-10-8-6-4-2/h57-62,65-66H,3-30,39-56,63-64,67-68H2,1-2H3. The zero-order valence-corrected chi connectivity index (χ0v) is 49.8. The van der Waals surface area contributed by atoms with Crippen molar-refractivity contribution in [3.63, 3.8) is 0 Å². The minimum atomic E-state index is 0.671. The van der Waals surface area contributed by atoms with Crippen LogP contribution in [-0.2, 0) is 22.7 Å². The van der Waals surface area contributed by atoms with E-state index in [4.69, 9.17) is 9.47 Å². The molecule has 2 heteroatoms. The van der Waals surface area contributed by atoms with Gasteiger partial charge in [0.1, 0.15) is 0 Å². The molecule has 0 bridgehead atoms. The van der Waals surface area contributed by atoms with Crippen molar-refractivity contribution in [2.24, 2.45) is 0 Å². The number of rotatable bonds is 50. The van der Waals surface area contributed by atoms with E-state index in [-0.39, 0.29) is 0 Å². The Labute approximate surface area is 471 Å². The number of hydrogen-bond donors (Lipinski definition) is 0. The molecular formula is C74H114O2. The molecule has 2 nitrogen and oxygen atoms in total. The summed E-state index contributed by atoms with van der Waals surface area (Å²) >= 11 is 0. The van der Waals surface area contributed by atoms with Gasteiger partial charge in [0.25, 0.3) is 0 Å². The summed E-state index contributed by atoms with van der Waals surface area (Å²) in [5.74, 6) is 25.5. The fourth-order valence-electron chi connectivity index (χ4n) is 10.6. The van der Waals surface area contributed by atoms with Crippen molar-refractivity contribution in [1.82, 2.24) is 0 Å². The van der Waals surface area contributed by atoms with Gasteiger partial charge in [-0.05, 0) is 107 Å². The summed E-state index contributed by atoms with van der Waals surface area (Å²) in [7, 11) is 0. The monoisotopic (exact) mass is 1030 g/mol. The van der Waals surface area contributed by atoms with Gasteiger partial charge in [0.2, 0.25) is 0 Å². The SMILES string of the molecule is CCCCCCCCCCCCCCCC#CC#CCCCCCCCCCCOCc1cccc2cc3c(COCCCCCCCCCCC#CC#CCCCCCCCCCCCCCCC)cccc3cc12. The average Bonchev–Trinajstić information content (AvgIpc) is 3.44. The third-order valence-electron chi connectivity index (χ3n) is 15.5. The number of fused-ring (bicyclic) bond motifs is 2. The lowest BCUT2D eigenvalue weighted by atomic mass is 9.97. The number of hydrogen-bond acceptors (Lipinski definition) is 2. The Morgan fingerprint density at radius 2 is 0.513 bits per heavy atom. The molecule has 422 valence electrons. The topological polar surface area (TPSA) is 18.5 Å². The normalized spacial score (nSPS) is 11.0. The molecule has 3 aromatic carbocycles. The van der Waals surface area contributed by atoms with Crippen molar-refractivity contribution < 1.29 is 9.47 Å². The van der Waals surface area contributed by atoms with E-state index in [2.05, 4.69) is 110 Å². The van der Waals surface area contributed by atoms with Crippen LogP contribution in [0.1, 0.15) is 320 Å². The number of unbranched alkanes of at least 4 members (excludes halogenated alkanes) is 42. The van der Waals surface area contributed by atoms with E-state index in [0.29, 0.717) is 13.2 Å². The van der Waals surface area contributed by atoms with Gasteiger partial charge in [0.15, 0.2) is 0 Å². The van der Waals surface area contributed by atoms with Gasteiger partial charge >= 0.3 is 0 Å². The fraction of sp³-hybridized carbons (Fsp3) is 0.703. The molecule has 0 unspecified atom stereocenters. The van der Waals surface area contributed by atoms with E-state index in [0.717, 1.165) is 51.7 Å². The van der Waals surface area contributed by atoms with Gasteiger partial charge in [-0.25, -0.2) is 0 Å². The van der Waals surface area contributed by atoms with Crippen molar-refractivity contribution in [2.45, 2.75) is 322 Å². The van der Waals surface area contributed by atoms with E-state index in [9.17, 15) is 0 Å². The van der Waals surface area contributed by atoms with E-state index >= 15 is 0 Å². The minimum Gasteiger partial charge on any atom is -0.377 e. The molecule has 0 aliphatic heterocycles. The summed E-state index contributed by atoms with van der Waals surface area (Å²) in [4.78, 5) is 0. The largest absolute Gasteiger partial charge is 0.377 e.